The summed E-state index contributed by atoms with van der Waals surface area (Å²) in [4.78, 5) is 21.7. The Morgan fingerprint density at radius 2 is 2.33 bits per heavy atom. The van der Waals surface area contributed by atoms with Gasteiger partial charge in [-0.15, -0.1) is 0 Å². The topological polar surface area (TPSA) is 78.4 Å². The molecule has 0 bridgehead atoms. The number of rotatable bonds is 3. The second-order valence-corrected chi connectivity index (χ2v) is 2.68. The molecule has 1 atom stereocenters. The third-order valence-electron chi connectivity index (χ3n) is 1.74. The summed E-state index contributed by atoms with van der Waals surface area (Å²) in [5, 5.41) is 13.5. The first-order valence-electron chi connectivity index (χ1n) is 3.92. The molecule has 0 radical (unpaired) electrons. The maximum Gasteiger partial charge on any atom is 0.243 e. The second-order valence-electron chi connectivity index (χ2n) is 2.68. The van der Waals surface area contributed by atoms with E-state index in [0.29, 0.717) is 19.4 Å². The van der Waals surface area contributed by atoms with Gasteiger partial charge in [-0.1, -0.05) is 0 Å². The number of hydrogen-bond acceptors (Lipinski definition) is 4. The first kappa shape index (κ1) is 9.15. The zero-order chi connectivity index (χ0) is 8.97. The van der Waals surface area contributed by atoms with E-state index in [1.807, 2.05) is 0 Å². The van der Waals surface area contributed by atoms with Crippen molar-refractivity contribution in [1.29, 1.82) is 0 Å². The first-order valence-corrected chi connectivity index (χ1v) is 3.92. The van der Waals surface area contributed by atoms with Crippen molar-refractivity contribution in [2.45, 2.75) is 18.9 Å². The van der Waals surface area contributed by atoms with Crippen molar-refractivity contribution in [2.75, 3.05) is 13.2 Å². The van der Waals surface area contributed by atoms with E-state index in [-0.39, 0.29) is 24.5 Å². The van der Waals surface area contributed by atoms with Crippen LogP contribution in [0.25, 0.3) is 0 Å². The summed E-state index contributed by atoms with van der Waals surface area (Å²) < 4.78 is 0. The number of carbonyl (C=O) groups excluding carboxylic acids is 2. The lowest BCUT2D eigenvalue weighted by Gasteiger charge is -2.21. The van der Waals surface area contributed by atoms with Crippen LogP contribution in [0.2, 0.25) is 0 Å². The maximum absolute atomic E-state index is 11.0. The van der Waals surface area contributed by atoms with Crippen LogP contribution in [0, 0.1) is 0 Å². The fraction of sp³-hybridized carbons (Fsp3) is 0.714. The van der Waals surface area contributed by atoms with Crippen LogP contribution in [-0.2, 0) is 9.59 Å². The highest BCUT2D eigenvalue weighted by atomic mass is 16.3. The zero-order valence-electron chi connectivity index (χ0n) is 6.67. The largest absolute Gasteiger partial charge is 0.395 e. The molecule has 1 fully saturated rings. The summed E-state index contributed by atoms with van der Waals surface area (Å²) >= 11 is 0. The van der Waals surface area contributed by atoms with Crippen molar-refractivity contribution >= 4 is 11.8 Å². The molecule has 0 spiro atoms. The van der Waals surface area contributed by atoms with Gasteiger partial charge in [0.25, 0.3) is 0 Å². The number of nitrogens with one attached hydrogen (secondary N) is 2. The smallest absolute Gasteiger partial charge is 0.243 e. The third-order valence-corrected chi connectivity index (χ3v) is 1.74. The van der Waals surface area contributed by atoms with Crippen LogP contribution in [0.4, 0.5) is 0 Å². The molecule has 0 saturated carbocycles. The Morgan fingerprint density at radius 1 is 1.58 bits per heavy atom. The molecule has 3 N–H and O–H groups in total. The lowest BCUT2D eigenvalue weighted by Crippen LogP contribution is -2.51. The van der Waals surface area contributed by atoms with E-state index in [1.165, 1.54) is 0 Å². The van der Waals surface area contributed by atoms with Crippen molar-refractivity contribution in [3.05, 3.63) is 0 Å². The Bertz CT molecular complexity index is 193. The molecule has 12 heavy (non-hydrogen) atoms. The molecule has 5 nitrogen and oxygen atoms in total. The monoisotopic (exact) mass is 172 g/mol. The summed E-state index contributed by atoms with van der Waals surface area (Å²) in [6.07, 6.45) is 0.888. The molecular formula is C7H12N2O3. The van der Waals surface area contributed by atoms with Crippen molar-refractivity contribution in [1.82, 2.24) is 10.6 Å². The number of hydrogen-bond donors (Lipinski definition) is 3. The van der Waals surface area contributed by atoms with Crippen LogP contribution >= 0.6 is 0 Å². The standard InChI is InChI=1S/C7H12N2O3/c10-4-3-8-5-1-2-6(11)9-7(5)12/h5,8,10H,1-4H2,(H,9,11,12). The van der Waals surface area contributed by atoms with Gasteiger partial charge in [-0.05, 0) is 6.42 Å². The molecule has 0 aromatic carbocycles. The molecule has 1 rings (SSSR count). The van der Waals surface area contributed by atoms with Gasteiger partial charge in [-0.2, -0.15) is 0 Å². The normalized spacial score (nSPS) is 23.9. The molecule has 0 aromatic rings. The molecule has 0 aliphatic carbocycles. The summed E-state index contributed by atoms with van der Waals surface area (Å²) in [7, 11) is 0. The van der Waals surface area contributed by atoms with Crippen LogP contribution in [0.1, 0.15) is 12.8 Å². The van der Waals surface area contributed by atoms with Gasteiger partial charge in [0.05, 0.1) is 12.6 Å². The molecule has 1 aliphatic heterocycles. The van der Waals surface area contributed by atoms with Gasteiger partial charge in [0.15, 0.2) is 0 Å². The van der Waals surface area contributed by atoms with Gasteiger partial charge >= 0.3 is 0 Å². The number of imide groups is 1. The number of amides is 2. The first-order chi connectivity index (χ1) is 5.74. The Hall–Kier alpha value is -0.940. The van der Waals surface area contributed by atoms with Crippen molar-refractivity contribution in [3.63, 3.8) is 0 Å². The fourth-order valence-corrected chi connectivity index (χ4v) is 1.13. The second kappa shape index (κ2) is 4.18. The van der Waals surface area contributed by atoms with Crippen molar-refractivity contribution in [3.8, 4) is 0 Å². The van der Waals surface area contributed by atoms with Gasteiger partial charge in [0.2, 0.25) is 11.8 Å². The average molecular weight is 172 g/mol. The number of aliphatic hydroxyl groups is 1. The minimum absolute atomic E-state index is 0.00226. The average Bonchev–Trinajstić information content (AvgIpc) is 2.03. The summed E-state index contributed by atoms with van der Waals surface area (Å²) in [6, 6.07) is -0.324. The predicted octanol–water partition coefficient (Wildman–Crippen LogP) is -1.63. The van der Waals surface area contributed by atoms with Crippen LogP contribution in [-0.4, -0.2) is 36.1 Å². The molecule has 2 amide bonds. The predicted molar refractivity (Wildman–Crippen MR) is 41.3 cm³/mol. The number of aliphatic hydroxyl groups excluding tert-OH is 1. The Labute approximate surface area is 70.1 Å². The van der Waals surface area contributed by atoms with Gasteiger partial charge < -0.3 is 10.4 Å². The lowest BCUT2D eigenvalue weighted by atomic mass is 10.1. The van der Waals surface area contributed by atoms with Crippen LogP contribution < -0.4 is 10.6 Å². The number of carbonyl (C=O) groups is 2. The zero-order valence-corrected chi connectivity index (χ0v) is 6.67. The Balaban J connectivity index is 2.35. The summed E-state index contributed by atoms with van der Waals surface area (Å²) in [5.41, 5.74) is 0. The quantitative estimate of drug-likeness (QED) is 0.447. The number of piperidine rings is 1. The van der Waals surface area contributed by atoms with Gasteiger partial charge in [-0.25, -0.2) is 0 Å². The molecule has 1 unspecified atom stereocenters. The minimum atomic E-state index is -0.324. The molecule has 1 aliphatic rings. The van der Waals surface area contributed by atoms with Crippen molar-refractivity contribution in [2.24, 2.45) is 0 Å². The highest BCUT2D eigenvalue weighted by Crippen LogP contribution is 2.03. The maximum atomic E-state index is 11.0. The Morgan fingerprint density at radius 3 is 2.92 bits per heavy atom. The highest BCUT2D eigenvalue weighted by Gasteiger charge is 2.25. The van der Waals surface area contributed by atoms with Gasteiger partial charge in [-0.3, -0.25) is 14.9 Å². The molecular weight excluding hydrogens is 160 g/mol. The SMILES string of the molecule is O=C1CCC(NCCO)C(=O)N1. The molecule has 5 heteroatoms. The van der Waals surface area contributed by atoms with E-state index in [4.69, 9.17) is 5.11 Å². The fourth-order valence-electron chi connectivity index (χ4n) is 1.13. The lowest BCUT2D eigenvalue weighted by molar-refractivity contribution is -0.134. The summed E-state index contributed by atoms with van der Waals surface area (Å²) in [6.45, 7) is 0.379. The van der Waals surface area contributed by atoms with E-state index < -0.39 is 0 Å². The highest BCUT2D eigenvalue weighted by molar-refractivity contribution is 6.00. The van der Waals surface area contributed by atoms with Gasteiger partial charge in [0.1, 0.15) is 0 Å². The van der Waals surface area contributed by atoms with E-state index in [1.54, 1.807) is 0 Å². The minimum Gasteiger partial charge on any atom is -0.395 e. The van der Waals surface area contributed by atoms with E-state index in [0.717, 1.165) is 0 Å². The van der Waals surface area contributed by atoms with E-state index >= 15 is 0 Å². The molecule has 0 aromatic heterocycles. The molecule has 1 saturated heterocycles. The third kappa shape index (κ3) is 2.28. The van der Waals surface area contributed by atoms with Crippen molar-refractivity contribution < 1.29 is 14.7 Å². The van der Waals surface area contributed by atoms with Gasteiger partial charge in [0, 0.05) is 13.0 Å². The molecule has 68 valence electrons. The van der Waals surface area contributed by atoms with E-state index in [9.17, 15) is 9.59 Å². The molecule has 1 heterocycles. The summed E-state index contributed by atoms with van der Waals surface area (Å²) in [5.74, 6) is -0.512. The van der Waals surface area contributed by atoms with Crippen LogP contribution in [0.5, 0.6) is 0 Å². The Kier molecular flexibility index (Phi) is 3.19. The van der Waals surface area contributed by atoms with E-state index in [2.05, 4.69) is 10.6 Å². The van der Waals surface area contributed by atoms with Crippen LogP contribution in [0.3, 0.4) is 0 Å². The van der Waals surface area contributed by atoms with Crippen LogP contribution in [0.15, 0.2) is 0 Å².